The van der Waals surface area contributed by atoms with Gasteiger partial charge in [-0.1, -0.05) is 12.1 Å². The molecule has 5 heterocycles. The summed E-state index contributed by atoms with van der Waals surface area (Å²) in [7, 11) is 0. The number of nitrogens with one attached hydrogen (secondary N) is 2. The summed E-state index contributed by atoms with van der Waals surface area (Å²) in [6, 6.07) is 10.9. The van der Waals surface area contributed by atoms with Crippen molar-refractivity contribution in [3.63, 3.8) is 0 Å². The molecule has 0 bridgehead atoms. The van der Waals surface area contributed by atoms with E-state index in [-0.39, 0.29) is 17.3 Å². The van der Waals surface area contributed by atoms with Gasteiger partial charge in [0.15, 0.2) is 0 Å². The summed E-state index contributed by atoms with van der Waals surface area (Å²) in [5, 5.41) is 2.85. The summed E-state index contributed by atoms with van der Waals surface area (Å²) in [6.07, 6.45) is 6.61. The summed E-state index contributed by atoms with van der Waals surface area (Å²) in [4.78, 5) is 50.4. The number of ether oxygens (including phenoxy) is 2. The summed E-state index contributed by atoms with van der Waals surface area (Å²) < 4.78 is 26.5. The van der Waals surface area contributed by atoms with Crippen molar-refractivity contribution in [1.82, 2.24) is 25.1 Å². The average molecular weight is 707 g/mol. The lowest BCUT2D eigenvalue weighted by Crippen LogP contribution is -2.49. The van der Waals surface area contributed by atoms with Gasteiger partial charge in [0.25, 0.3) is 5.56 Å². The number of aromatic amines is 1. The number of carbonyl (C=O) groups excluding carboxylic acids is 2. The molecule has 0 spiro atoms. The predicted octanol–water partition coefficient (Wildman–Crippen LogP) is 4.89. The van der Waals surface area contributed by atoms with Crippen molar-refractivity contribution in [3.05, 3.63) is 64.0 Å². The molecule has 7 rings (SSSR count). The zero-order valence-corrected chi connectivity index (χ0v) is 29.4. The summed E-state index contributed by atoms with van der Waals surface area (Å²) in [6.45, 7) is 8.78. The van der Waals surface area contributed by atoms with E-state index in [1.54, 1.807) is 22.7 Å². The van der Waals surface area contributed by atoms with Gasteiger partial charge in [0, 0.05) is 62.3 Å². The van der Waals surface area contributed by atoms with Crippen LogP contribution in [-0.4, -0.2) is 103 Å². The lowest BCUT2D eigenvalue weighted by atomic mass is 9.89. The van der Waals surface area contributed by atoms with Crippen LogP contribution in [0.2, 0.25) is 0 Å². The Morgan fingerprint density at radius 2 is 1.60 bits per heavy atom. The number of carbonyl (C=O) groups is 2. The van der Waals surface area contributed by atoms with E-state index >= 15 is 0 Å². The second kappa shape index (κ2) is 16.2. The van der Waals surface area contributed by atoms with E-state index in [4.69, 9.17) is 9.47 Å². The molecular weight excluding hydrogens is 660 g/mol. The van der Waals surface area contributed by atoms with Gasteiger partial charge in [-0.2, -0.15) is 11.8 Å². The number of hydrogen-bond acceptors (Lipinski definition) is 9. The van der Waals surface area contributed by atoms with Crippen LogP contribution in [0.15, 0.2) is 41.2 Å². The molecule has 2 N–H and O–H groups in total. The number of aromatic nitrogens is 2. The van der Waals surface area contributed by atoms with Crippen LogP contribution in [0.1, 0.15) is 62.3 Å². The molecule has 0 radical (unpaired) electrons. The third kappa shape index (κ3) is 8.67. The second-order valence-corrected chi connectivity index (χ2v) is 15.3. The number of rotatable bonds is 11. The molecule has 2 aromatic carbocycles. The van der Waals surface area contributed by atoms with Crippen LogP contribution in [0.5, 0.6) is 5.75 Å². The van der Waals surface area contributed by atoms with Crippen molar-refractivity contribution in [2.45, 2.75) is 61.9 Å². The number of H-pyrrole nitrogens is 1. The smallest absolute Gasteiger partial charge is 0.328 e. The molecule has 4 aliphatic heterocycles. The number of nitrogens with zero attached hydrogens (tertiary/aromatic N) is 4. The minimum atomic E-state index is -0.602. The Morgan fingerprint density at radius 3 is 2.30 bits per heavy atom. The Morgan fingerprint density at radius 1 is 0.900 bits per heavy atom. The molecule has 1 aromatic heterocycles. The Hall–Kier alpha value is -3.52. The van der Waals surface area contributed by atoms with E-state index in [1.165, 1.54) is 11.6 Å². The Balaban J connectivity index is 0.822. The van der Waals surface area contributed by atoms with Crippen molar-refractivity contribution in [2.75, 3.05) is 70.5 Å². The molecule has 0 aliphatic carbocycles. The standard InChI is InChI=1S/C37H47FN6O5S/c38-31-21-29(22-32-35(31)36(46)40-33(39-32)24-50-30-10-19-48-20-11-30)49-23-25-5-12-42(13-6-25)17-18-43-14-7-27(8-15-43)26-1-3-28(4-2-26)44-16-9-34(45)41-37(44)47/h1-4,21-22,25,27,30H,5-20,23-24H2,(H,39,40,46)(H,41,45,47). The van der Waals surface area contributed by atoms with Gasteiger partial charge in [-0.15, -0.1) is 0 Å². The van der Waals surface area contributed by atoms with E-state index in [0.717, 1.165) is 96.7 Å². The first-order valence-electron chi connectivity index (χ1n) is 18.1. The molecular formula is C37H47FN6O5S. The fourth-order valence-corrected chi connectivity index (χ4v) is 8.60. The maximum absolute atomic E-state index is 15.0. The van der Waals surface area contributed by atoms with Gasteiger partial charge in [-0.25, -0.2) is 14.2 Å². The van der Waals surface area contributed by atoms with Crippen LogP contribution < -0.4 is 20.5 Å². The van der Waals surface area contributed by atoms with Crippen LogP contribution in [0.3, 0.4) is 0 Å². The number of fused-ring (bicyclic) bond motifs is 1. The highest BCUT2D eigenvalue weighted by atomic mass is 32.2. The van der Waals surface area contributed by atoms with E-state index in [9.17, 15) is 18.8 Å². The van der Waals surface area contributed by atoms with Crippen LogP contribution >= 0.6 is 11.8 Å². The molecule has 4 aliphatic rings. The molecule has 13 heteroatoms. The summed E-state index contributed by atoms with van der Waals surface area (Å²) in [5.74, 6) is 1.65. The van der Waals surface area contributed by atoms with Crippen molar-refractivity contribution in [3.8, 4) is 5.75 Å². The van der Waals surface area contributed by atoms with Crippen molar-refractivity contribution in [2.24, 2.45) is 5.92 Å². The average Bonchev–Trinajstić information content (AvgIpc) is 3.13. The number of anilines is 1. The molecule has 0 unspecified atom stereocenters. The lowest BCUT2D eigenvalue weighted by molar-refractivity contribution is -0.120. The first-order valence-corrected chi connectivity index (χ1v) is 19.1. The number of thioether (sulfide) groups is 1. The minimum Gasteiger partial charge on any atom is -0.493 e. The molecule has 268 valence electrons. The van der Waals surface area contributed by atoms with E-state index in [1.807, 2.05) is 12.1 Å². The van der Waals surface area contributed by atoms with Crippen molar-refractivity contribution < 1.29 is 23.5 Å². The van der Waals surface area contributed by atoms with Gasteiger partial charge in [0.2, 0.25) is 5.91 Å². The topological polar surface area (TPSA) is 120 Å². The lowest BCUT2D eigenvalue weighted by Gasteiger charge is -2.36. The highest BCUT2D eigenvalue weighted by Gasteiger charge is 2.26. The number of halogens is 1. The number of imide groups is 1. The van der Waals surface area contributed by atoms with Gasteiger partial charge < -0.3 is 24.3 Å². The molecule has 3 amide bonds. The first kappa shape index (κ1) is 34.9. The van der Waals surface area contributed by atoms with Gasteiger partial charge in [-0.05, 0) is 94.2 Å². The summed E-state index contributed by atoms with van der Waals surface area (Å²) >= 11 is 1.76. The number of urea groups is 1. The zero-order valence-electron chi connectivity index (χ0n) is 28.5. The molecule has 0 atom stereocenters. The number of benzene rings is 2. The first-order chi connectivity index (χ1) is 24.4. The normalized spacial score (nSPS) is 20.8. The number of likely N-dealkylation sites (tertiary alicyclic amines) is 2. The minimum absolute atomic E-state index is 0.0197. The van der Waals surface area contributed by atoms with Gasteiger partial charge in [-0.3, -0.25) is 19.8 Å². The van der Waals surface area contributed by atoms with Crippen molar-refractivity contribution >= 4 is 40.3 Å². The molecule has 0 saturated carbocycles. The SMILES string of the molecule is O=C1CCN(c2ccc(C3CCN(CCN4CCC(COc5cc(F)c6c(=O)[nH]c(CSC7CCOCC7)nc6c5)CC4)CC3)cc2)C(=O)N1. The van der Waals surface area contributed by atoms with Gasteiger partial charge >= 0.3 is 6.03 Å². The third-order valence-electron chi connectivity index (χ3n) is 10.7. The Kier molecular flexibility index (Phi) is 11.3. The zero-order chi connectivity index (χ0) is 34.5. The monoisotopic (exact) mass is 706 g/mol. The van der Waals surface area contributed by atoms with Crippen LogP contribution in [0.4, 0.5) is 14.9 Å². The molecule has 4 saturated heterocycles. The summed E-state index contributed by atoms with van der Waals surface area (Å²) in [5.41, 5.74) is 2.03. The van der Waals surface area contributed by atoms with Crippen molar-refractivity contribution in [1.29, 1.82) is 0 Å². The fourth-order valence-electron chi connectivity index (χ4n) is 7.54. The third-order valence-corrected chi connectivity index (χ3v) is 12.0. The molecule has 11 nitrogen and oxygen atoms in total. The number of piperidine rings is 2. The van der Waals surface area contributed by atoms with Crippen LogP contribution in [0, 0.1) is 11.7 Å². The van der Waals surface area contributed by atoms with E-state index < -0.39 is 11.4 Å². The highest BCUT2D eigenvalue weighted by molar-refractivity contribution is 7.99. The van der Waals surface area contributed by atoms with E-state index in [2.05, 4.69) is 37.2 Å². The number of hydrogen-bond donors (Lipinski definition) is 2. The van der Waals surface area contributed by atoms with Gasteiger partial charge in [0.1, 0.15) is 22.8 Å². The van der Waals surface area contributed by atoms with E-state index in [0.29, 0.717) is 59.5 Å². The molecule has 50 heavy (non-hydrogen) atoms. The van der Waals surface area contributed by atoms with Crippen LogP contribution in [-0.2, 0) is 15.3 Å². The largest absolute Gasteiger partial charge is 0.493 e. The quantitative estimate of drug-likeness (QED) is 0.287. The van der Waals surface area contributed by atoms with Gasteiger partial charge in [0.05, 0.1) is 17.9 Å². The van der Waals surface area contributed by atoms with Crippen LogP contribution in [0.25, 0.3) is 10.9 Å². The maximum atomic E-state index is 15.0. The number of amides is 3. The highest BCUT2D eigenvalue weighted by Crippen LogP contribution is 2.31. The second-order valence-electron chi connectivity index (χ2n) is 14.0. The fraction of sp³-hybridized carbons (Fsp3) is 0.568. The maximum Gasteiger partial charge on any atom is 0.328 e. The Bertz CT molecular complexity index is 1700. The molecule has 3 aromatic rings. The Labute approximate surface area is 296 Å². The predicted molar refractivity (Wildman–Crippen MR) is 192 cm³/mol. The molecule has 4 fully saturated rings.